The maximum absolute atomic E-state index is 12.5. The molecule has 4 heteroatoms. The van der Waals surface area contributed by atoms with Crippen molar-refractivity contribution in [2.24, 2.45) is 5.92 Å². The molecule has 1 aliphatic carbocycles. The van der Waals surface area contributed by atoms with Crippen LogP contribution in [0.25, 0.3) is 0 Å². The normalized spacial score (nSPS) is 15.6. The fourth-order valence-corrected chi connectivity index (χ4v) is 2.47. The van der Waals surface area contributed by atoms with Gasteiger partial charge in [-0.15, -0.1) is 0 Å². The third kappa shape index (κ3) is 4.06. The molecule has 1 amide bonds. The van der Waals surface area contributed by atoms with E-state index in [9.17, 15) is 9.59 Å². The van der Waals surface area contributed by atoms with Crippen LogP contribution >= 0.6 is 0 Å². The van der Waals surface area contributed by atoms with Crippen LogP contribution in [0.5, 0.6) is 0 Å². The first-order chi connectivity index (χ1) is 9.88. The minimum absolute atomic E-state index is 0.0410. The lowest BCUT2D eigenvalue weighted by atomic mass is 10.0. The molecule has 1 saturated carbocycles. The van der Waals surface area contributed by atoms with Crippen molar-refractivity contribution in [1.82, 2.24) is 4.90 Å². The molecule has 0 aliphatic heterocycles. The number of nitrogens with zero attached hydrogens (tertiary/aromatic N) is 1. The van der Waals surface area contributed by atoms with Crippen LogP contribution < -0.4 is 0 Å². The quantitative estimate of drug-likeness (QED) is 0.875. The maximum Gasteiger partial charge on any atom is 0.308 e. The van der Waals surface area contributed by atoms with Gasteiger partial charge in [-0.2, -0.15) is 0 Å². The first-order valence-corrected chi connectivity index (χ1v) is 7.47. The van der Waals surface area contributed by atoms with Gasteiger partial charge in [0.15, 0.2) is 0 Å². The second-order valence-electron chi connectivity index (χ2n) is 6.12. The molecule has 1 aromatic rings. The summed E-state index contributed by atoms with van der Waals surface area (Å²) in [5.74, 6) is -1.33. The summed E-state index contributed by atoms with van der Waals surface area (Å²) in [6.07, 6.45) is 2.34. The molecule has 4 nitrogen and oxygen atoms in total. The van der Waals surface area contributed by atoms with E-state index in [1.54, 1.807) is 11.8 Å². The Labute approximate surface area is 125 Å². The van der Waals surface area contributed by atoms with E-state index < -0.39 is 11.9 Å². The fraction of sp³-hybridized carbons (Fsp3) is 0.529. The smallest absolute Gasteiger partial charge is 0.308 e. The highest BCUT2D eigenvalue weighted by Gasteiger charge is 2.34. The molecule has 0 aromatic heterocycles. The van der Waals surface area contributed by atoms with Gasteiger partial charge in [0, 0.05) is 12.6 Å². The number of hydrogen-bond acceptors (Lipinski definition) is 2. The average Bonchev–Trinajstić information content (AvgIpc) is 3.24. The van der Waals surface area contributed by atoms with Gasteiger partial charge in [0.1, 0.15) is 0 Å². The second kappa shape index (κ2) is 6.29. The summed E-state index contributed by atoms with van der Waals surface area (Å²) in [6.45, 7) is 5.98. The molecule has 2 rings (SSSR count). The third-order valence-electron chi connectivity index (χ3n) is 4.05. The van der Waals surface area contributed by atoms with Crippen molar-refractivity contribution < 1.29 is 14.7 Å². The zero-order chi connectivity index (χ0) is 15.6. The van der Waals surface area contributed by atoms with E-state index in [4.69, 9.17) is 5.11 Å². The van der Waals surface area contributed by atoms with Gasteiger partial charge in [-0.25, -0.2) is 0 Å². The minimum Gasteiger partial charge on any atom is -0.481 e. The molecule has 1 atom stereocenters. The number of carbonyl (C=O) groups excluding carboxylic acids is 1. The monoisotopic (exact) mass is 289 g/mol. The van der Waals surface area contributed by atoms with E-state index >= 15 is 0 Å². The Balaban J connectivity index is 2.08. The highest BCUT2D eigenvalue weighted by atomic mass is 16.4. The van der Waals surface area contributed by atoms with Gasteiger partial charge in [0.25, 0.3) is 0 Å². The number of carbonyl (C=O) groups is 2. The zero-order valence-corrected chi connectivity index (χ0v) is 12.9. The molecule has 114 valence electrons. The van der Waals surface area contributed by atoms with Gasteiger partial charge in [0.2, 0.25) is 5.91 Å². The van der Waals surface area contributed by atoms with E-state index in [1.807, 2.05) is 32.0 Å². The van der Waals surface area contributed by atoms with E-state index in [2.05, 4.69) is 0 Å². The van der Waals surface area contributed by atoms with Crippen molar-refractivity contribution in [1.29, 1.82) is 0 Å². The SMILES string of the molecule is Cc1ccc(C)c(CC(=O)N(C[C@@H](C)C(=O)O)C2CC2)c1. The molecular weight excluding hydrogens is 266 g/mol. The van der Waals surface area contributed by atoms with Crippen molar-refractivity contribution in [2.45, 2.75) is 46.1 Å². The van der Waals surface area contributed by atoms with Gasteiger partial charge >= 0.3 is 5.97 Å². The molecule has 1 aromatic carbocycles. The average molecular weight is 289 g/mol. The number of aryl methyl sites for hydroxylation is 2. The molecule has 1 N–H and O–H groups in total. The van der Waals surface area contributed by atoms with Crippen LogP contribution in [-0.2, 0) is 16.0 Å². The van der Waals surface area contributed by atoms with Crippen LogP contribution in [0, 0.1) is 19.8 Å². The number of benzene rings is 1. The van der Waals surface area contributed by atoms with E-state index in [0.717, 1.165) is 29.5 Å². The molecule has 0 bridgehead atoms. The van der Waals surface area contributed by atoms with Crippen LogP contribution in [0.2, 0.25) is 0 Å². The minimum atomic E-state index is -0.847. The third-order valence-corrected chi connectivity index (χ3v) is 4.05. The molecule has 0 saturated heterocycles. The number of hydrogen-bond donors (Lipinski definition) is 1. The number of amides is 1. The first-order valence-electron chi connectivity index (χ1n) is 7.47. The number of rotatable bonds is 6. The van der Waals surface area contributed by atoms with Crippen molar-refractivity contribution in [3.05, 3.63) is 34.9 Å². The summed E-state index contributed by atoms with van der Waals surface area (Å²) in [4.78, 5) is 25.3. The largest absolute Gasteiger partial charge is 0.481 e. The van der Waals surface area contributed by atoms with Gasteiger partial charge in [0.05, 0.1) is 12.3 Å². The predicted molar refractivity (Wildman–Crippen MR) is 81.2 cm³/mol. The lowest BCUT2D eigenvalue weighted by molar-refractivity contribution is -0.143. The fourth-order valence-electron chi connectivity index (χ4n) is 2.47. The Hall–Kier alpha value is -1.84. The highest BCUT2D eigenvalue weighted by Crippen LogP contribution is 2.28. The van der Waals surface area contributed by atoms with E-state index in [1.165, 1.54) is 0 Å². The standard InChI is InChI=1S/C17H23NO3/c1-11-4-5-12(2)14(8-11)9-16(19)18(15-6-7-15)10-13(3)17(20)21/h4-5,8,13,15H,6-7,9-10H2,1-3H3,(H,20,21)/t13-/m1/s1. The zero-order valence-electron chi connectivity index (χ0n) is 12.9. The topological polar surface area (TPSA) is 57.6 Å². The van der Waals surface area contributed by atoms with Crippen LogP contribution in [0.3, 0.4) is 0 Å². The van der Waals surface area contributed by atoms with Crippen molar-refractivity contribution in [3.8, 4) is 0 Å². The lowest BCUT2D eigenvalue weighted by Crippen LogP contribution is -2.39. The summed E-state index contributed by atoms with van der Waals surface area (Å²) < 4.78 is 0. The summed E-state index contributed by atoms with van der Waals surface area (Å²) in [6, 6.07) is 6.34. The highest BCUT2D eigenvalue weighted by molar-refractivity contribution is 5.80. The van der Waals surface area contributed by atoms with Gasteiger partial charge < -0.3 is 10.0 Å². The van der Waals surface area contributed by atoms with Gasteiger partial charge in [-0.05, 0) is 37.8 Å². The number of carboxylic acid groups (broad SMARTS) is 1. The number of aliphatic carboxylic acids is 1. The van der Waals surface area contributed by atoms with Crippen LogP contribution in [0.1, 0.15) is 36.5 Å². The summed E-state index contributed by atoms with van der Waals surface area (Å²) in [5, 5.41) is 9.05. The van der Waals surface area contributed by atoms with Crippen LogP contribution in [0.15, 0.2) is 18.2 Å². The molecule has 0 radical (unpaired) electrons. The Morgan fingerprint density at radius 2 is 2.00 bits per heavy atom. The summed E-state index contributed by atoms with van der Waals surface area (Å²) >= 11 is 0. The molecule has 0 heterocycles. The molecular formula is C17H23NO3. The van der Waals surface area contributed by atoms with Crippen molar-refractivity contribution >= 4 is 11.9 Å². The summed E-state index contributed by atoms with van der Waals surface area (Å²) in [7, 11) is 0. The lowest BCUT2D eigenvalue weighted by Gasteiger charge is -2.25. The van der Waals surface area contributed by atoms with Gasteiger partial charge in [-0.1, -0.05) is 30.7 Å². The van der Waals surface area contributed by atoms with Crippen molar-refractivity contribution in [2.75, 3.05) is 6.54 Å². The second-order valence-corrected chi connectivity index (χ2v) is 6.12. The summed E-state index contributed by atoms with van der Waals surface area (Å²) in [5.41, 5.74) is 3.28. The molecule has 0 unspecified atom stereocenters. The van der Waals surface area contributed by atoms with Crippen LogP contribution in [0.4, 0.5) is 0 Å². The Morgan fingerprint density at radius 3 is 2.57 bits per heavy atom. The predicted octanol–water partition coefficient (Wildman–Crippen LogP) is 2.56. The Morgan fingerprint density at radius 1 is 1.33 bits per heavy atom. The van der Waals surface area contributed by atoms with E-state index in [0.29, 0.717) is 13.0 Å². The van der Waals surface area contributed by atoms with E-state index in [-0.39, 0.29) is 11.9 Å². The van der Waals surface area contributed by atoms with Gasteiger partial charge in [-0.3, -0.25) is 9.59 Å². The Kier molecular flexibility index (Phi) is 4.66. The number of carboxylic acids is 1. The van der Waals surface area contributed by atoms with Crippen LogP contribution in [-0.4, -0.2) is 34.5 Å². The molecule has 1 aliphatic rings. The molecule has 0 spiro atoms. The first kappa shape index (κ1) is 15.5. The van der Waals surface area contributed by atoms with Crippen molar-refractivity contribution in [3.63, 3.8) is 0 Å². The maximum atomic E-state index is 12.5. The molecule has 1 fully saturated rings. The molecule has 21 heavy (non-hydrogen) atoms. The Bertz CT molecular complexity index is 549.